The van der Waals surface area contributed by atoms with E-state index in [9.17, 15) is 0 Å². The van der Waals surface area contributed by atoms with E-state index in [1.165, 1.54) is 69.6 Å². The minimum atomic E-state index is 0. The third-order valence-electron chi connectivity index (χ3n) is 5.18. The molecule has 0 aromatic carbocycles. The van der Waals surface area contributed by atoms with Crippen LogP contribution < -0.4 is 51.4 Å². The van der Waals surface area contributed by atoms with Crippen LogP contribution in [0.4, 0.5) is 0 Å². The van der Waals surface area contributed by atoms with Crippen molar-refractivity contribution in [1.29, 1.82) is 0 Å². The molecule has 18 heavy (non-hydrogen) atoms. The van der Waals surface area contributed by atoms with Crippen molar-refractivity contribution in [2.45, 2.75) is 61.8 Å². The maximum absolute atomic E-state index is 2.42. The van der Waals surface area contributed by atoms with Gasteiger partial charge in [-0.2, -0.15) is 0 Å². The van der Waals surface area contributed by atoms with E-state index in [4.69, 9.17) is 0 Å². The Morgan fingerprint density at radius 1 is 0.889 bits per heavy atom. The van der Waals surface area contributed by atoms with Crippen LogP contribution in [0.25, 0.3) is 0 Å². The van der Waals surface area contributed by atoms with Crippen LogP contribution in [0.15, 0.2) is 11.1 Å². The molecule has 0 amide bonds. The maximum atomic E-state index is 2.42. The van der Waals surface area contributed by atoms with Gasteiger partial charge in [0.2, 0.25) is 0 Å². The molecule has 0 radical (unpaired) electrons. The van der Waals surface area contributed by atoms with Crippen LogP contribution in [0.3, 0.4) is 0 Å². The fraction of sp³-hybridized carbons (Fsp3) is 0.867. The van der Waals surface area contributed by atoms with E-state index in [1.807, 2.05) is 0 Å². The van der Waals surface area contributed by atoms with Gasteiger partial charge in [0.1, 0.15) is 0 Å². The second kappa shape index (κ2) is 10.5. The molecule has 1 aliphatic carbocycles. The van der Waals surface area contributed by atoms with Crippen molar-refractivity contribution >= 4 is 63.2 Å². The molecule has 0 aliphatic heterocycles. The molecule has 0 heterocycles. The van der Waals surface area contributed by atoms with Crippen LogP contribution in [-0.4, -0.2) is 63.2 Å². The van der Waals surface area contributed by atoms with Gasteiger partial charge in [0.25, 0.3) is 0 Å². The van der Waals surface area contributed by atoms with Crippen molar-refractivity contribution in [2.24, 2.45) is 22.7 Å². The first-order valence-corrected chi connectivity index (χ1v) is 23.3. The Balaban J connectivity index is -0.000000609. The molecule has 1 rings (SSSR count). The number of hydrogen-bond donors (Lipinski definition) is 0. The molecule has 0 nitrogen and oxygen atoms in total. The fourth-order valence-electron chi connectivity index (χ4n) is 3.34. The molecule has 0 N–H and O–H groups in total. The zero-order valence-corrected chi connectivity index (χ0v) is 24.2. The molecule has 0 spiro atoms. The molecule has 2 atom stereocenters. The van der Waals surface area contributed by atoms with Gasteiger partial charge in [-0.1, -0.05) is 52.7 Å². The van der Waals surface area contributed by atoms with Gasteiger partial charge in [-0.25, -0.2) is 0 Å². The van der Waals surface area contributed by atoms with E-state index in [-0.39, 0.29) is 52.8 Å². The predicted octanol–water partition coefficient (Wildman–Crippen LogP) is 1.41. The van der Waals surface area contributed by atoms with Crippen LogP contribution in [-0.2, 0) is 0 Å². The summed E-state index contributed by atoms with van der Waals surface area (Å²) in [5.74, 6) is 1.42. The average Bonchev–Trinajstić information content (AvgIpc) is 2.28. The molecule has 0 saturated heterocycles. The first-order valence-electron chi connectivity index (χ1n) is 7.27. The van der Waals surface area contributed by atoms with Crippen molar-refractivity contribution in [3.8, 4) is 0 Å². The number of hydrogen-bond acceptors (Lipinski definition) is 0. The summed E-state index contributed by atoms with van der Waals surface area (Å²) in [6.45, 7) is 19.2. The Hall–Kier alpha value is 4.65. The summed E-state index contributed by atoms with van der Waals surface area (Å²) in [4.78, 5) is 0. The molecule has 1 aliphatic rings. The fourth-order valence-corrected chi connectivity index (χ4v) is 3.34. The SMILES string of the molecule is CC1=C(C)C(C)C(C)(C)CC(C)(C)C1C.[H-].[K+].[K][K]. The summed E-state index contributed by atoms with van der Waals surface area (Å²) >= 11 is 2.50. The van der Waals surface area contributed by atoms with Crippen LogP contribution in [0.2, 0.25) is 0 Å². The van der Waals surface area contributed by atoms with Crippen LogP contribution >= 0.6 is 0 Å². The van der Waals surface area contributed by atoms with Gasteiger partial charge in [0.05, 0.1) is 0 Å². The van der Waals surface area contributed by atoms with Crippen molar-refractivity contribution in [3.05, 3.63) is 11.1 Å². The second-order valence-corrected chi connectivity index (χ2v) is 6.96. The standard InChI is InChI=1S/C15H28.3K.H/c1-10-11(2)13(4)15(7,8)9-14(5,6)12(10)3;;;;/h12-13H,9H2,1-8H3;;;;/q;;;+1;-1. The van der Waals surface area contributed by atoms with E-state index < -0.39 is 0 Å². The Labute approximate surface area is 205 Å². The van der Waals surface area contributed by atoms with Gasteiger partial charge >= 0.3 is 115 Å². The van der Waals surface area contributed by atoms with E-state index in [1.54, 1.807) is 11.1 Å². The molecule has 0 bridgehead atoms. The number of rotatable bonds is 0. The summed E-state index contributed by atoms with van der Waals surface area (Å²) in [7, 11) is 0. The Kier molecular flexibility index (Phi) is 14.5. The van der Waals surface area contributed by atoms with Gasteiger partial charge in [-0.3, -0.25) is 0 Å². The van der Waals surface area contributed by atoms with Crippen LogP contribution in [0.5, 0.6) is 0 Å². The van der Waals surface area contributed by atoms with Gasteiger partial charge in [0.15, 0.2) is 0 Å². The molecule has 0 aromatic rings. The quantitative estimate of drug-likeness (QED) is 0.466. The monoisotopic (exact) mass is 326 g/mol. The Morgan fingerprint density at radius 2 is 1.11 bits per heavy atom. The topological polar surface area (TPSA) is 0 Å². The first kappa shape index (κ1) is 24.9. The molecule has 0 fully saturated rings. The normalized spacial score (nSPS) is 29.8. The van der Waals surface area contributed by atoms with E-state index in [0.717, 1.165) is 0 Å². The molecule has 92 valence electrons. The first-order chi connectivity index (χ1) is 7.59. The van der Waals surface area contributed by atoms with Gasteiger partial charge in [-0.15, -0.1) is 0 Å². The summed E-state index contributed by atoms with van der Waals surface area (Å²) in [5.41, 5.74) is 4.11. The molecule has 2 unspecified atom stereocenters. The Morgan fingerprint density at radius 3 is 1.33 bits per heavy atom. The molecule has 0 aromatic heterocycles. The van der Waals surface area contributed by atoms with Gasteiger partial charge in [0, 0.05) is 0 Å². The molecular formula is C15H29K3. The summed E-state index contributed by atoms with van der Waals surface area (Å²) in [6, 6.07) is 0. The van der Waals surface area contributed by atoms with E-state index >= 15 is 0 Å². The van der Waals surface area contributed by atoms with Crippen LogP contribution in [0.1, 0.15) is 63.2 Å². The van der Waals surface area contributed by atoms with Crippen molar-refractivity contribution in [1.82, 2.24) is 0 Å². The second-order valence-electron chi connectivity index (χ2n) is 6.96. The van der Waals surface area contributed by atoms with E-state index in [2.05, 4.69) is 55.4 Å². The molecule has 0 saturated carbocycles. The van der Waals surface area contributed by atoms with Crippen molar-refractivity contribution < 1.29 is 52.8 Å². The third-order valence-corrected chi connectivity index (χ3v) is 5.18. The molecular weight excluding hydrogens is 297 g/mol. The minimum absolute atomic E-state index is 0. The molecule has 3 heteroatoms. The summed E-state index contributed by atoms with van der Waals surface area (Å²) < 4.78 is 0. The third kappa shape index (κ3) is 6.64. The zero-order chi connectivity index (χ0) is 14.0. The Bertz CT molecular complexity index is 268. The number of allylic oxidation sites excluding steroid dienone is 2. The van der Waals surface area contributed by atoms with Crippen molar-refractivity contribution in [2.75, 3.05) is 0 Å². The van der Waals surface area contributed by atoms with Gasteiger partial charge < -0.3 is 1.43 Å². The summed E-state index contributed by atoms with van der Waals surface area (Å²) in [6.07, 6.45) is 1.32. The van der Waals surface area contributed by atoms with Crippen molar-refractivity contribution in [3.63, 3.8) is 0 Å². The zero-order valence-electron chi connectivity index (χ0n) is 15.9. The van der Waals surface area contributed by atoms with Gasteiger partial charge in [-0.05, 0) is 42.9 Å². The predicted molar refractivity (Wildman–Crippen MR) is 81.5 cm³/mol. The van der Waals surface area contributed by atoms with Crippen LogP contribution in [0, 0.1) is 22.7 Å². The van der Waals surface area contributed by atoms with E-state index in [0.29, 0.717) is 22.7 Å². The average molecular weight is 327 g/mol. The summed E-state index contributed by atoms with van der Waals surface area (Å²) in [5, 5.41) is 0.